The lowest BCUT2D eigenvalue weighted by molar-refractivity contribution is 0.610. The van der Waals surface area contributed by atoms with Gasteiger partial charge in [0.1, 0.15) is 0 Å². The van der Waals surface area contributed by atoms with Crippen LogP contribution in [0.15, 0.2) is 140 Å². The molecule has 2 heterocycles. The summed E-state index contributed by atoms with van der Waals surface area (Å²) in [6, 6.07) is 50.7. The average Bonchev–Trinajstić information content (AvgIpc) is 3.56. The molecule has 0 bridgehead atoms. The Labute approximate surface area is 249 Å². The third-order valence-corrected chi connectivity index (χ3v) is 9.08. The molecule has 9 aromatic rings. The number of nitrogens with two attached hydrogens (primary N) is 1. The van der Waals surface area contributed by atoms with Crippen molar-refractivity contribution < 1.29 is 0 Å². The highest BCUT2D eigenvalue weighted by Crippen LogP contribution is 2.44. The van der Waals surface area contributed by atoms with Crippen LogP contribution < -0.4 is 5.73 Å². The molecule has 2 aromatic heterocycles. The van der Waals surface area contributed by atoms with E-state index in [1.165, 1.54) is 76.5 Å². The van der Waals surface area contributed by atoms with Gasteiger partial charge >= 0.3 is 0 Å². The number of fused-ring (bicyclic) bond motifs is 8. The Morgan fingerprint density at radius 2 is 1.12 bits per heavy atom. The van der Waals surface area contributed by atoms with Crippen molar-refractivity contribution in [2.75, 3.05) is 0 Å². The molecule has 204 valence electrons. The molecule has 9 rings (SSSR count). The minimum atomic E-state index is -0.180. The van der Waals surface area contributed by atoms with Gasteiger partial charge in [-0.25, -0.2) is 0 Å². The second-order valence-electron chi connectivity index (χ2n) is 11.6. The zero-order valence-corrected chi connectivity index (χ0v) is 23.8. The lowest BCUT2D eigenvalue weighted by Crippen LogP contribution is -2.14. The fraction of sp³-hybridized carbons (Fsp3) is 0.0500. The Balaban J connectivity index is 1.40. The standard InChI is InChI=1S/C40H29N3/c1-25(41)42-36-16-8-7-15-33(36)35-23-28-12-4-5-13-31(28)39(40(35)42)29-19-21-38-34(24-29)32-14-6-9-17-37(32)43(38)30-20-18-26-10-2-3-11-27(26)22-30/h2-25H,41H2,1H3. The van der Waals surface area contributed by atoms with Crippen LogP contribution in [0.5, 0.6) is 0 Å². The minimum Gasteiger partial charge on any atom is -0.324 e. The molecule has 0 saturated carbocycles. The Morgan fingerprint density at radius 1 is 0.488 bits per heavy atom. The van der Waals surface area contributed by atoms with Gasteiger partial charge in [0.05, 0.1) is 28.2 Å². The van der Waals surface area contributed by atoms with E-state index < -0.39 is 0 Å². The fourth-order valence-corrected chi connectivity index (χ4v) is 7.26. The number of benzene rings is 7. The van der Waals surface area contributed by atoms with Crippen LogP contribution >= 0.6 is 0 Å². The van der Waals surface area contributed by atoms with Crippen molar-refractivity contribution in [3.63, 3.8) is 0 Å². The van der Waals surface area contributed by atoms with Crippen LogP contribution in [0, 0.1) is 0 Å². The molecule has 0 radical (unpaired) electrons. The maximum absolute atomic E-state index is 6.71. The van der Waals surface area contributed by atoms with Crippen molar-refractivity contribution in [1.29, 1.82) is 0 Å². The Bertz CT molecular complexity index is 2540. The smallest absolute Gasteiger partial charge is 0.0792 e. The molecule has 0 aliphatic carbocycles. The lowest BCUT2D eigenvalue weighted by Gasteiger charge is -2.17. The van der Waals surface area contributed by atoms with Crippen LogP contribution in [0.3, 0.4) is 0 Å². The fourth-order valence-electron chi connectivity index (χ4n) is 7.26. The lowest BCUT2D eigenvalue weighted by atomic mass is 9.94. The molecular weight excluding hydrogens is 522 g/mol. The summed E-state index contributed by atoms with van der Waals surface area (Å²) in [6.07, 6.45) is -0.180. The summed E-state index contributed by atoms with van der Waals surface area (Å²) in [7, 11) is 0. The van der Waals surface area contributed by atoms with Crippen LogP contribution in [-0.2, 0) is 0 Å². The van der Waals surface area contributed by atoms with Crippen LogP contribution in [0.25, 0.3) is 82.0 Å². The van der Waals surface area contributed by atoms with Crippen molar-refractivity contribution in [3.05, 3.63) is 140 Å². The number of aromatic nitrogens is 2. The van der Waals surface area contributed by atoms with Crippen LogP contribution in [0.4, 0.5) is 0 Å². The van der Waals surface area contributed by atoms with Crippen molar-refractivity contribution in [2.45, 2.75) is 13.1 Å². The summed E-state index contributed by atoms with van der Waals surface area (Å²) >= 11 is 0. The van der Waals surface area contributed by atoms with Gasteiger partial charge in [-0.1, -0.05) is 97.1 Å². The summed E-state index contributed by atoms with van der Waals surface area (Å²) in [5, 5.41) is 9.91. The first kappa shape index (κ1) is 24.2. The second-order valence-corrected chi connectivity index (χ2v) is 11.6. The topological polar surface area (TPSA) is 35.9 Å². The van der Waals surface area contributed by atoms with Crippen molar-refractivity contribution in [1.82, 2.24) is 9.13 Å². The third kappa shape index (κ3) is 3.46. The van der Waals surface area contributed by atoms with Gasteiger partial charge in [0.25, 0.3) is 0 Å². The summed E-state index contributed by atoms with van der Waals surface area (Å²) < 4.78 is 4.72. The maximum atomic E-state index is 6.71. The van der Waals surface area contributed by atoms with E-state index in [0.29, 0.717) is 0 Å². The highest BCUT2D eigenvalue weighted by molar-refractivity contribution is 6.21. The van der Waals surface area contributed by atoms with Crippen molar-refractivity contribution in [3.8, 4) is 16.8 Å². The van der Waals surface area contributed by atoms with E-state index in [4.69, 9.17) is 5.73 Å². The molecule has 0 spiro atoms. The van der Waals surface area contributed by atoms with Gasteiger partial charge < -0.3 is 14.9 Å². The third-order valence-electron chi connectivity index (χ3n) is 9.08. The number of hydrogen-bond donors (Lipinski definition) is 1. The Hall–Kier alpha value is -5.38. The first-order valence-electron chi connectivity index (χ1n) is 14.9. The monoisotopic (exact) mass is 551 g/mol. The molecule has 1 unspecified atom stereocenters. The number of para-hydroxylation sites is 2. The molecular formula is C40H29N3. The first-order chi connectivity index (χ1) is 21.2. The number of nitrogens with zero attached hydrogens (tertiary/aromatic N) is 2. The van der Waals surface area contributed by atoms with Crippen LogP contribution in [0.2, 0.25) is 0 Å². The molecule has 3 nitrogen and oxygen atoms in total. The summed E-state index contributed by atoms with van der Waals surface area (Å²) in [5.74, 6) is 0. The molecule has 0 fully saturated rings. The van der Waals surface area contributed by atoms with E-state index >= 15 is 0 Å². The van der Waals surface area contributed by atoms with E-state index in [-0.39, 0.29) is 6.17 Å². The molecule has 3 heteroatoms. The minimum absolute atomic E-state index is 0.180. The largest absolute Gasteiger partial charge is 0.324 e. The number of hydrogen-bond acceptors (Lipinski definition) is 1. The molecule has 0 saturated heterocycles. The predicted molar refractivity (Wildman–Crippen MR) is 183 cm³/mol. The van der Waals surface area contributed by atoms with Gasteiger partial charge in [-0.3, -0.25) is 0 Å². The van der Waals surface area contributed by atoms with E-state index in [0.717, 1.165) is 5.52 Å². The zero-order chi connectivity index (χ0) is 28.7. The van der Waals surface area contributed by atoms with E-state index in [9.17, 15) is 0 Å². The SMILES string of the molecule is CC(N)n1c2ccccc2c2cc3ccccc3c(-c3ccc4c(c3)c3ccccc3n4-c3ccc4ccccc4c3)c21. The highest BCUT2D eigenvalue weighted by atomic mass is 15.1. The highest BCUT2D eigenvalue weighted by Gasteiger charge is 2.21. The second kappa shape index (κ2) is 9.06. The van der Waals surface area contributed by atoms with Gasteiger partial charge in [-0.2, -0.15) is 0 Å². The predicted octanol–water partition coefficient (Wildman–Crippen LogP) is 10.3. The van der Waals surface area contributed by atoms with Gasteiger partial charge in [-0.15, -0.1) is 0 Å². The normalized spacial score (nSPS) is 12.8. The van der Waals surface area contributed by atoms with Gasteiger partial charge in [0, 0.05) is 32.8 Å². The Kier molecular flexibility index (Phi) is 5.11. The van der Waals surface area contributed by atoms with Gasteiger partial charge in [0.15, 0.2) is 0 Å². The van der Waals surface area contributed by atoms with Gasteiger partial charge in [-0.05, 0) is 76.5 Å². The van der Waals surface area contributed by atoms with Crippen LogP contribution in [0.1, 0.15) is 13.1 Å². The summed E-state index contributed by atoms with van der Waals surface area (Å²) in [6.45, 7) is 2.07. The van der Waals surface area contributed by atoms with Crippen LogP contribution in [-0.4, -0.2) is 9.13 Å². The summed E-state index contributed by atoms with van der Waals surface area (Å²) in [4.78, 5) is 0. The van der Waals surface area contributed by atoms with E-state index in [2.05, 4.69) is 156 Å². The molecule has 7 aromatic carbocycles. The quantitative estimate of drug-likeness (QED) is 0.233. The molecule has 0 aliphatic heterocycles. The molecule has 0 amide bonds. The maximum Gasteiger partial charge on any atom is 0.0792 e. The average molecular weight is 552 g/mol. The van der Waals surface area contributed by atoms with Crippen molar-refractivity contribution in [2.24, 2.45) is 5.73 Å². The molecule has 43 heavy (non-hydrogen) atoms. The molecule has 1 atom stereocenters. The molecule has 0 aliphatic rings. The van der Waals surface area contributed by atoms with Gasteiger partial charge in [0.2, 0.25) is 0 Å². The van der Waals surface area contributed by atoms with Crippen molar-refractivity contribution >= 4 is 65.2 Å². The number of rotatable bonds is 3. The van der Waals surface area contributed by atoms with E-state index in [1.807, 2.05) is 0 Å². The first-order valence-corrected chi connectivity index (χ1v) is 14.9. The van der Waals surface area contributed by atoms with E-state index in [1.54, 1.807) is 0 Å². The summed E-state index contributed by atoms with van der Waals surface area (Å²) in [5.41, 5.74) is 15.1. The molecule has 2 N–H and O–H groups in total. The zero-order valence-electron chi connectivity index (χ0n) is 23.8. The Morgan fingerprint density at radius 3 is 1.91 bits per heavy atom.